The van der Waals surface area contributed by atoms with Crippen molar-refractivity contribution in [1.82, 2.24) is 4.72 Å². The molecule has 0 saturated carbocycles. The zero-order valence-electron chi connectivity index (χ0n) is 18.7. The lowest BCUT2D eigenvalue weighted by Crippen LogP contribution is -2.44. The number of esters is 1. The number of carbonyl (C=O) groups is 1. The number of nitrogens with one attached hydrogen (secondary N) is 1. The molecule has 0 aliphatic rings. The molecule has 3 aromatic carbocycles. The van der Waals surface area contributed by atoms with Crippen LogP contribution >= 0.6 is 11.6 Å². The number of rotatable bonds is 13. The van der Waals surface area contributed by atoms with E-state index in [4.69, 9.17) is 21.1 Å². The predicted octanol–water partition coefficient (Wildman–Crippen LogP) is 4.47. The first-order valence-corrected chi connectivity index (χ1v) is 13.2. The highest BCUT2D eigenvalue weighted by Crippen LogP contribution is 2.17. The Hall–Kier alpha value is -2.87. The van der Waals surface area contributed by atoms with Crippen molar-refractivity contribution in [3.63, 3.8) is 0 Å². The molecule has 3 rings (SSSR count). The van der Waals surface area contributed by atoms with Crippen LogP contribution < -0.4 is 9.46 Å². The van der Waals surface area contributed by atoms with E-state index in [0.29, 0.717) is 12.4 Å². The Morgan fingerprint density at radius 2 is 1.47 bits per heavy atom. The van der Waals surface area contributed by atoms with Crippen LogP contribution in [0, 0.1) is 0 Å². The third kappa shape index (κ3) is 8.82. The highest BCUT2D eigenvalue weighted by Gasteiger charge is 2.26. The molecular weight excluding hydrogens is 474 g/mol. The number of benzene rings is 3. The summed E-state index contributed by atoms with van der Waals surface area (Å²) >= 11 is 5.65. The van der Waals surface area contributed by atoms with Crippen LogP contribution in [-0.4, -0.2) is 32.1 Å². The molecular formula is C26H28ClNO5S. The first kappa shape index (κ1) is 25.7. The Morgan fingerprint density at radius 1 is 0.853 bits per heavy atom. The Labute approximate surface area is 205 Å². The van der Waals surface area contributed by atoms with Crippen LogP contribution in [0.5, 0.6) is 5.75 Å². The van der Waals surface area contributed by atoms with Crippen LogP contribution in [-0.2, 0) is 39.2 Å². The quantitative estimate of drug-likeness (QED) is 0.276. The van der Waals surface area contributed by atoms with Crippen LogP contribution in [0.2, 0.25) is 0 Å². The molecule has 0 radical (unpaired) electrons. The van der Waals surface area contributed by atoms with Gasteiger partial charge in [-0.15, -0.1) is 11.6 Å². The summed E-state index contributed by atoms with van der Waals surface area (Å²) in [4.78, 5) is 12.9. The van der Waals surface area contributed by atoms with E-state index >= 15 is 0 Å². The maximum atomic E-state index is 12.9. The van der Waals surface area contributed by atoms with E-state index in [-0.39, 0.29) is 31.1 Å². The molecule has 0 unspecified atom stereocenters. The summed E-state index contributed by atoms with van der Waals surface area (Å²) in [5.74, 6) is 0.0287. The van der Waals surface area contributed by atoms with E-state index in [9.17, 15) is 13.2 Å². The minimum absolute atomic E-state index is 0.0554. The topological polar surface area (TPSA) is 81.7 Å². The summed E-state index contributed by atoms with van der Waals surface area (Å²) in [6, 6.07) is 25.2. The van der Waals surface area contributed by atoms with E-state index in [2.05, 4.69) is 4.72 Å². The number of ether oxygens (including phenoxy) is 2. The molecule has 0 aliphatic carbocycles. The molecule has 1 atom stereocenters. The lowest BCUT2D eigenvalue weighted by molar-refractivity contribution is -0.147. The molecule has 180 valence electrons. The molecule has 0 saturated heterocycles. The van der Waals surface area contributed by atoms with Gasteiger partial charge in [0, 0.05) is 5.88 Å². The molecule has 0 bridgehead atoms. The summed E-state index contributed by atoms with van der Waals surface area (Å²) in [6.45, 7) is 0.456. The number of carbonyl (C=O) groups excluding carboxylic acids is 1. The van der Waals surface area contributed by atoms with Crippen molar-refractivity contribution in [2.75, 3.05) is 11.6 Å². The van der Waals surface area contributed by atoms with Crippen molar-refractivity contribution in [2.45, 2.75) is 32.1 Å². The molecule has 0 aliphatic heterocycles. The van der Waals surface area contributed by atoms with Crippen LogP contribution in [0.15, 0.2) is 84.9 Å². The SMILES string of the molecule is O=C(OCc1ccccc1)[C@H](Cc1cccc(OCc2ccccc2)c1)NS(=O)(=O)CCCCl. The fraction of sp³-hybridized carbons (Fsp3) is 0.269. The van der Waals surface area contributed by atoms with Gasteiger partial charge in [-0.25, -0.2) is 13.1 Å². The third-order valence-corrected chi connectivity index (χ3v) is 6.70. The summed E-state index contributed by atoms with van der Waals surface area (Å²) in [6.07, 6.45) is 0.405. The van der Waals surface area contributed by atoms with Gasteiger partial charge < -0.3 is 9.47 Å². The summed E-state index contributed by atoms with van der Waals surface area (Å²) < 4.78 is 38.8. The number of sulfonamides is 1. The summed E-state index contributed by atoms with van der Waals surface area (Å²) in [7, 11) is -3.71. The normalized spacial score (nSPS) is 12.1. The van der Waals surface area contributed by atoms with Crippen molar-refractivity contribution in [1.29, 1.82) is 0 Å². The number of halogens is 1. The molecule has 0 spiro atoms. The molecule has 0 aromatic heterocycles. The maximum absolute atomic E-state index is 12.9. The maximum Gasteiger partial charge on any atom is 0.324 e. The standard InChI is InChI=1S/C26H28ClNO5S/c27-15-8-16-34(30,31)28-25(26(29)33-20-22-11-5-2-6-12-22)18-23-13-7-14-24(17-23)32-19-21-9-3-1-4-10-21/h1-7,9-14,17,25,28H,8,15-16,18-20H2/t25-/m0/s1. The Kier molecular flexibility index (Phi) is 9.94. The largest absolute Gasteiger partial charge is 0.489 e. The van der Waals surface area contributed by atoms with E-state index in [1.54, 1.807) is 6.07 Å². The molecule has 0 fully saturated rings. The molecule has 0 heterocycles. The van der Waals surface area contributed by atoms with Gasteiger partial charge in [-0.2, -0.15) is 0 Å². The van der Waals surface area contributed by atoms with E-state index in [1.165, 1.54) is 0 Å². The fourth-order valence-electron chi connectivity index (χ4n) is 3.26. The number of alkyl halides is 1. The average Bonchev–Trinajstić information content (AvgIpc) is 2.86. The van der Waals surface area contributed by atoms with E-state index in [1.807, 2.05) is 78.9 Å². The average molecular weight is 502 g/mol. The van der Waals surface area contributed by atoms with E-state index < -0.39 is 22.0 Å². The third-order valence-electron chi connectivity index (χ3n) is 4.96. The minimum Gasteiger partial charge on any atom is -0.489 e. The Bertz CT molecular complexity index is 1140. The van der Waals surface area contributed by atoms with Gasteiger partial charge in [-0.1, -0.05) is 72.8 Å². The molecule has 34 heavy (non-hydrogen) atoms. The molecule has 0 amide bonds. The summed E-state index contributed by atoms with van der Waals surface area (Å²) in [5.41, 5.74) is 2.59. The van der Waals surface area contributed by atoms with Gasteiger partial charge in [0.1, 0.15) is 25.0 Å². The first-order chi connectivity index (χ1) is 16.4. The van der Waals surface area contributed by atoms with Crippen molar-refractivity contribution in [3.8, 4) is 5.75 Å². The van der Waals surface area contributed by atoms with Crippen molar-refractivity contribution in [2.24, 2.45) is 0 Å². The molecule has 1 N–H and O–H groups in total. The highest BCUT2D eigenvalue weighted by molar-refractivity contribution is 7.89. The van der Waals surface area contributed by atoms with Gasteiger partial charge in [-0.3, -0.25) is 4.79 Å². The van der Waals surface area contributed by atoms with Crippen LogP contribution in [0.1, 0.15) is 23.1 Å². The van der Waals surface area contributed by atoms with E-state index in [0.717, 1.165) is 16.7 Å². The predicted molar refractivity (Wildman–Crippen MR) is 133 cm³/mol. The minimum atomic E-state index is -3.71. The second-order valence-electron chi connectivity index (χ2n) is 7.75. The van der Waals surface area contributed by atoms with Gasteiger partial charge >= 0.3 is 5.97 Å². The highest BCUT2D eigenvalue weighted by atomic mass is 35.5. The zero-order chi connectivity index (χ0) is 24.2. The van der Waals surface area contributed by atoms with Gasteiger partial charge in [0.2, 0.25) is 10.0 Å². The van der Waals surface area contributed by atoms with Crippen molar-refractivity contribution < 1.29 is 22.7 Å². The fourth-order valence-corrected chi connectivity index (χ4v) is 4.81. The Morgan fingerprint density at radius 3 is 2.12 bits per heavy atom. The lowest BCUT2D eigenvalue weighted by atomic mass is 10.1. The summed E-state index contributed by atoms with van der Waals surface area (Å²) in [5, 5.41) is 0. The van der Waals surface area contributed by atoms with Gasteiger partial charge in [0.05, 0.1) is 5.75 Å². The van der Waals surface area contributed by atoms with Gasteiger partial charge in [-0.05, 0) is 41.7 Å². The van der Waals surface area contributed by atoms with Crippen LogP contribution in [0.3, 0.4) is 0 Å². The van der Waals surface area contributed by atoms with Crippen LogP contribution in [0.4, 0.5) is 0 Å². The monoisotopic (exact) mass is 501 g/mol. The lowest BCUT2D eigenvalue weighted by Gasteiger charge is -2.18. The second kappa shape index (κ2) is 13.1. The van der Waals surface area contributed by atoms with Gasteiger partial charge in [0.25, 0.3) is 0 Å². The zero-order valence-corrected chi connectivity index (χ0v) is 20.3. The van der Waals surface area contributed by atoms with Crippen molar-refractivity contribution >= 4 is 27.6 Å². The second-order valence-corrected chi connectivity index (χ2v) is 10.0. The van der Waals surface area contributed by atoms with Crippen molar-refractivity contribution in [3.05, 3.63) is 102 Å². The smallest absolute Gasteiger partial charge is 0.324 e. The number of hydrogen-bond donors (Lipinski definition) is 1. The molecule has 6 nitrogen and oxygen atoms in total. The molecule has 8 heteroatoms. The number of hydrogen-bond acceptors (Lipinski definition) is 5. The Balaban J connectivity index is 1.70. The van der Waals surface area contributed by atoms with Crippen LogP contribution in [0.25, 0.3) is 0 Å². The first-order valence-electron chi connectivity index (χ1n) is 11.0. The van der Waals surface area contributed by atoms with Gasteiger partial charge in [0.15, 0.2) is 0 Å². The molecule has 3 aromatic rings.